The van der Waals surface area contributed by atoms with E-state index in [-0.39, 0.29) is 5.60 Å². The van der Waals surface area contributed by atoms with Gasteiger partial charge in [0.2, 0.25) is 0 Å². The second kappa shape index (κ2) is 6.36. The van der Waals surface area contributed by atoms with Crippen molar-refractivity contribution in [2.75, 3.05) is 13.7 Å². The molecular formula is C13H18ClNO2S. The van der Waals surface area contributed by atoms with E-state index in [4.69, 9.17) is 39.0 Å². The molecular weight excluding hydrogens is 270 g/mol. The average molecular weight is 288 g/mol. The molecule has 1 aromatic rings. The Balaban J connectivity index is 2.72. The van der Waals surface area contributed by atoms with Crippen LogP contribution in [0.2, 0.25) is 5.02 Å². The van der Waals surface area contributed by atoms with E-state index in [1.807, 2.05) is 13.8 Å². The molecule has 0 radical (unpaired) electrons. The molecule has 0 bridgehead atoms. The Hall–Kier alpha value is -0.840. The number of nitrogens with two attached hydrogens (primary N) is 1. The van der Waals surface area contributed by atoms with E-state index in [0.717, 1.165) is 6.42 Å². The zero-order valence-electron chi connectivity index (χ0n) is 10.8. The highest BCUT2D eigenvalue weighted by molar-refractivity contribution is 7.80. The fraction of sp³-hybridized carbons (Fsp3) is 0.462. The number of benzene rings is 1. The summed E-state index contributed by atoms with van der Waals surface area (Å²) in [4.78, 5) is 0.299. The van der Waals surface area contributed by atoms with E-state index in [1.165, 1.54) is 0 Å². The van der Waals surface area contributed by atoms with E-state index in [0.29, 0.717) is 27.9 Å². The van der Waals surface area contributed by atoms with Gasteiger partial charge in [0.15, 0.2) is 0 Å². The Morgan fingerprint density at radius 1 is 1.44 bits per heavy atom. The molecule has 1 aromatic carbocycles. The number of hydrogen-bond donors (Lipinski definition) is 1. The van der Waals surface area contributed by atoms with Crippen molar-refractivity contribution in [3.63, 3.8) is 0 Å². The van der Waals surface area contributed by atoms with Crippen LogP contribution in [-0.2, 0) is 4.74 Å². The first-order valence-electron chi connectivity index (χ1n) is 5.63. The molecule has 0 saturated carbocycles. The van der Waals surface area contributed by atoms with E-state index < -0.39 is 0 Å². The first-order valence-corrected chi connectivity index (χ1v) is 6.41. The lowest BCUT2D eigenvalue weighted by Crippen LogP contribution is -2.25. The standard InChI is InChI=1S/C13H18ClNO2S/c1-13(2,16-3)6-7-17-11-8-9(14)4-5-10(11)12(15)18/h4-5,8H,6-7H2,1-3H3,(H2,15,18). The van der Waals surface area contributed by atoms with Crippen molar-refractivity contribution in [3.05, 3.63) is 28.8 Å². The lowest BCUT2D eigenvalue weighted by molar-refractivity contribution is 0.00544. The summed E-state index contributed by atoms with van der Waals surface area (Å²) in [7, 11) is 1.68. The number of methoxy groups -OCH3 is 1. The van der Waals surface area contributed by atoms with Crippen LogP contribution in [-0.4, -0.2) is 24.3 Å². The van der Waals surface area contributed by atoms with Crippen molar-refractivity contribution >= 4 is 28.8 Å². The molecule has 0 fully saturated rings. The third-order valence-corrected chi connectivity index (χ3v) is 3.18. The largest absolute Gasteiger partial charge is 0.493 e. The quantitative estimate of drug-likeness (QED) is 0.816. The highest BCUT2D eigenvalue weighted by atomic mass is 35.5. The average Bonchev–Trinajstić information content (AvgIpc) is 2.28. The van der Waals surface area contributed by atoms with Gasteiger partial charge in [-0.15, -0.1) is 0 Å². The Bertz CT molecular complexity index is 435. The molecule has 0 aromatic heterocycles. The molecule has 0 spiro atoms. The van der Waals surface area contributed by atoms with Crippen LogP contribution < -0.4 is 10.5 Å². The van der Waals surface area contributed by atoms with Crippen LogP contribution in [0.1, 0.15) is 25.8 Å². The van der Waals surface area contributed by atoms with Crippen LogP contribution in [0.4, 0.5) is 0 Å². The first kappa shape index (κ1) is 15.2. The van der Waals surface area contributed by atoms with Gasteiger partial charge in [-0.25, -0.2) is 0 Å². The first-order chi connectivity index (χ1) is 8.35. The Morgan fingerprint density at radius 3 is 2.67 bits per heavy atom. The molecule has 0 saturated heterocycles. The number of halogens is 1. The lowest BCUT2D eigenvalue weighted by atomic mass is 10.1. The van der Waals surface area contributed by atoms with Gasteiger partial charge in [0.1, 0.15) is 10.7 Å². The molecule has 0 aliphatic heterocycles. The fourth-order valence-electron chi connectivity index (χ4n) is 1.33. The van der Waals surface area contributed by atoms with Gasteiger partial charge in [-0.2, -0.15) is 0 Å². The molecule has 0 amide bonds. The summed E-state index contributed by atoms with van der Waals surface area (Å²) in [6, 6.07) is 5.22. The predicted molar refractivity (Wildman–Crippen MR) is 78.5 cm³/mol. The highest BCUT2D eigenvalue weighted by Crippen LogP contribution is 2.24. The number of thiocarbonyl (C=S) groups is 1. The maximum absolute atomic E-state index is 5.93. The van der Waals surface area contributed by atoms with Gasteiger partial charge in [0, 0.05) is 18.6 Å². The SMILES string of the molecule is COC(C)(C)CCOc1cc(Cl)ccc1C(N)=S. The van der Waals surface area contributed by atoms with Gasteiger partial charge in [-0.1, -0.05) is 23.8 Å². The molecule has 0 aliphatic carbocycles. The molecule has 0 heterocycles. The second-order valence-electron chi connectivity index (χ2n) is 4.57. The van der Waals surface area contributed by atoms with Gasteiger partial charge in [0.05, 0.1) is 17.8 Å². The normalized spacial score (nSPS) is 11.3. The molecule has 1 rings (SSSR count). The molecule has 0 atom stereocenters. The Morgan fingerprint density at radius 2 is 2.11 bits per heavy atom. The molecule has 3 nitrogen and oxygen atoms in total. The zero-order valence-corrected chi connectivity index (χ0v) is 12.4. The molecule has 2 N–H and O–H groups in total. The third-order valence-electron chi connectivity index (χ3n) is 2.72. The van der Waals surface area contributed by atoms with E-state index >= 15 is 0 Å². The number of ether oxygens (including phenoxy) is 2. The number of rotatable bonds is 6. The zero-order chi connectivity index (χ0) is 13.8. The topological polar surface area (TPSA) is 44.5 Å². The van der Waals surface area contributed by atoms with Gasteiger partial charge in [-0.05, 0) is 32.0 Å². The van der Waals surface area contributed by atoms with Crippen molar-refractivity contribution in [2.24, 2.45) is 5.73 Å². The molecule has 18 heavy (non-hydrogen) atoms. The second-order valence-corrected chi connectivity index (χ2v) is 5.44. The number of hydrogen-bond acceptors (Lipinski definition) is 3. The molecule has 5 heteroatoms. The molecule has 0 unspecified atom stereocenters. The molecule has 100 valence electrons. The van der Waals surface area contributed by atoms with Crippen LogP contribution in [0.3, 0.4) is 0 Å². The highest BCUT2D eigenvalue weighted by Gasteiger charge is 2.16. The third kappa shape index (κ3) is 4.44. The van der Waals surface area contributed by atoms with E-state index in [2.05, 4.69) is 0 Å². The van der Waals surface area contributed by atoms with Crippen LogP contribution >= 0.6 is 23.8 Å². The van der Waals surface area contributed by atoms with Crippen molar-refractivity contribution in [1.29, 1.82) is 0 Å². The fourth-order valence-corrected chi connectivity index (χ4v) is 1.66. The maximum Gasteiger partial charge on any atom is 0.130 e. The lowest BCUT2D eigenvalue weighted by Gasteiger charge is -2.23. The maximum atomic E-state index is 5.93. The summed E-state index contributed by atoms with van der Waals surface area (Å²) >= 11 is 10.9. The summed E-state index contributed by atoms with van der Waals surface area (Å²) in [6.07, 6.45) is 0.757. The smallest absolute Gasteiger partial charge is 0.130 e. The van der Waals surface area contributed by atoms with Crippen molar-refractivity contribution in [3.8, 4) is 5.75 Å². The Labute approximate surface area is 118 Å². The van der Waals surface area contributed by atoms with E-state index in [1.54, 1.807) is 25.3 Å². The van der Waals surface area contributed by atoms with Crippen molar-refractivity contribution in [2.45, 2.75) is 25.9 Å². The summed E-state index contributed by atoms with van der Waals surface area (Å²) in [5, 5.41) is 0.594. The monoisotopic (exact) mass is 287 g/mol. The van der Waals surface area contributed by atoms with E-state index in [9.17, 15) is 0 Å². The Kier molecular flexibility index (Phi) is 5.38. The summed E-state index contributed by atoms with van der Waals surface area (Å²) in [5.41, 5.74) is 6.11. The van der Waals surface area contributed by atoms with Crippen molar-refractivity contribution in [1.82, 2.24) is 0 Å². The summed E-state index contributed by atoms with van der Waals surface area (Å²) in [5.74, 6) is 0.613. The minimum Gasteiger partial charge on any atom is -0.493 e. The predicted octanol–water partition coefficient (Wildman–Crippen LogP) is 3.17. The van der Waals surface area contributed by atoms with Crippen molar-refractivity contribution < 1.29 is 9.47 Å². The van der Waals surface area contributed by atoms with Gasteiger partial charge >= 0.3 is 0 Å². The van der Waals surface area contributed by atoms with Crippen LogP contribution in [0.25, 0.3) is 0 Å². The summed E-state index contributed by atoms with van der Waals surface area (Å²) in [6.45, 7) is 4.52. The van der Waals surface area contributed by atoms with Crippen LogP contribution in [0, 0.1) is 0 Å². The van der Waals surface area contributed by atoms with Gasteiger partial charge in [-0.3, -0.25) is 0 Å². The minimum atomic E-state index is -0.220. The van der Waals surface area contributed by atoms with Gasteiger partial charge in [0.25, 0.3) is 0 Å². The van der Waals surface area contributed by atoms with Crippen LogP contribution in [0.15, 0.2) is 18.2 Å². The molecule has 0 aliphatic rings. The van der Waals surface area contributed by atoms with Gasteiger partial charge < -0.3 is 15.2 Å². The summed E-state index contributed by atoms with van der Waals surface area (Å²) < 4.78 is 11.0. The van der Waals surface area contributed by atoms with Crippen LogP contribution in [0.5, 0.6) is 5.75 Å². The minimum absolute atomic E-state index is 0.220.